The second-order valence-electron chi connectivity index (χ2n) is 5.85. The molecule has 0 unspecified atom stereocenters. The quantitative estimate of drug-likeness (QED) is 0.776. The maximum Gasteiger partial charge on any atom is 0.360 e. The number of methoxy groups -OCH3 is 1. The number of fused-ring (bicyclic) bond motifs is 1. The van der Waals surface area contributed by atoms with Gasteiger partial charge in [0, 0.05) is 11.9 Å². The first kappa shape index (κ1) is 17.7. The number of carbonyl (C=O) groups excluding carboxylic acids is 2. The van der Waals surface area contributed by atoms with E-state index in [-0.39, 0.29) is 17.2 Å². The molecule has 0 radical (unpaired) electrons. The van der Waals surface area contributed by atoms with E-state index in [0.717, 1.165) is 0 Å². The molecule has 2 aromatic rings. The van der Waals surface area contributed by atoms with E-state index in [1.807, 2.05) is 13.8 Å². The van der Waals surface area contributed by atoms with E-state index in [0.29, 0.717) is 17.3 Å². The SMILES string of the molecule is COC(=O)[C@H](C)OC(=O)c1nn(CC(C)C)c(=O)c2ccccc12. The van der Waals surface area contributed by atoms with Crippen molar-refractivity contribution < 1.29 is 19.1 Å². The van der Waals surface area contributed by atoms with Gasteiger partial charge in [0.2, 0.25) is 0 Å². The van der Waals surface area contributed by atoms with Crippen LogP contribution in [0.2, 0.25) is 0 Å². The Morgan fingerprint density at radius 2 is 1.79 bits per heavy atom. The standard InChI is InChI=1S/C17H20N2O5/c1-10(2)9-19-15(20)13-8-6-5-7-12(13)14(18-19)17(22)24-11(3)16(21)23-4/h5-8,10-11H,9H2,1-4H3/t11-/m0/s1. The average Bonchev–Trinajstić information content (AvgIpc) is 2.56. The molecule has 128 valence electrons. The molecule has 0 aliphatic rings. The molecule has 0 spiro atoms. The van der Waals surface area contributed by atoms with Crippen LogP contribution in [0.25, 0.3) is 10.8 Å². The van der Waals surface area contributed by atoms with E-state index >= 15 is 0 Å². The van der Waals surface area contributed by atoms with Gasteiger partial charge in [0.1, 0.15) is 0 Å². The van der Waals surface area contributed by atoms with Crippen molar-refractivity contribution in [3.05, 3.63) is 40.3 Å². The summed E-state index contributed by atoms with van der Waals surface area (Å²) in [6.07, 6.45) is -1.06. The van der Waals surface area contributed by atoms with Crippen LogP contribution < -0.4 is 5.56 Å². The fraction of sp³-hybridized carbons (Fsp3) is 0.412. The number of nitrogens with zero attached hydrogens (tertiary/aromatic N) is 2. The molecule has 1 atom stereocenters. The highest BCUT2D eigenvalue weighted by molar-refractivity contribution is 6.02. The Hall–Kier alpha value is -2.70. The Morgan fingerprint density at radius 1 is 1.17 bits per heavy atom. The first-order valence-corrected chi connectivity index (χ1v) is 7.63. The molecule has 0 saturated heterocycles. The number of hydrogen-bond acceptors (Lipinski definition) is 6. The highest BCUT2D eigenvalue weighted by Crippen LogP contribution is 2.15. The van der Waals surface area contributed by atoms with Crippen LogP contribution >= 0.6 is 0 Å². The Bertz CT molecular complexity index is 825. The molecule has 7 nitrogen and oxygen atoms in total. The van der Waals surface area contributed by atoms with Crippen LogP contribution in [-0.4, -0.2) is 34.9 Å². The molecule has 1 aromatic carbocycles. The third kappa shape index (κ3) is 3.61. The lowest BCUT2D eigenvalue weighted by Crippen LogP contribution is -2.30. The van der Waals surface area contributed by atoms with Gasteiger partial charge < -0.3 is 9.47 Å². The van der Waals surface area contributed by atoms with Crippen LogP contribution in [0.4, 0.5) is 0 Å². The zero-order valence-corrected chi connectivity index (χ0v) is 14.1. The van der Waals surface area contributed by atoms with E-state index in [2.05, 4.69) is 9.84 Å². The third-order valence-electron chi connectivity index (χ3n) is 3.42. The first-order chi connectivity index (χ1) is 11.3. The molecule has 1 aromatic heterocycles. The van der Waals surface area contributed by atoms with Crippen LogP contribution in [0, 0.1) is 5.92 Å². The second-order valence-corrected chi connectivity index (χ2v) is 5.85. The predicted octanol–water partition coefficient (Wildman–Crippen LogP) is 1.77. The zero-order valence-electron chi connectivity index (χ0n) is 14.1. The number of hydrogen-bond donors (Lipinski definition) is 0. The number of rotatable bonds is 5. The number of aromatic nitrogens is 2. The molecule has 0 saturated carbocycles. The highest BCUT2D eigenvalue weighted by Gasteiger charge is 2.23. The minimum atomic E-state index is -1.06. The fourth-order valence-electron chi connectivity index (χ4n) is 2.29. The number of carbonyl (C=O) groups is 2. The largest absolute Gasteiger partial charge is 0.466 e. The van der Waals surface area contributed by atoms with Crippen LogP contribution in [-0.2, 0) is 20.8 Å². The minimum Gasteiger partial charge on any atom is -0.466 e. The lowest BCUT2D eigenvalue weighted by Gasteiger charge is -2.14. The number of ether oxygens (including phenoxy) is 2. The van der Waals surface area contributed by atoms with Gasteiger partial charge in [-0.05, 0) is 18.9 Å². The highest BCUT2D eigenvalue weighted by atomic mass is 16.6. The summed E-state index contributed by atoms with van der Waals surface area (Å²) in [7, 11) is 1.21. The van der Waals surface area contributed by atoms with Crippen molar-refractivity contribution in [1.82, 2.24) is 9.78 Å². The first-order valence-electron chi connectivity index (χ1n) is 7.63. The smallest absolute Gasteiger partial charge is 0.360 e. The molecule has 0 bridgehead atoms. The van der Waals surface area contributed by atoms with Crippen LogP contribution in [0.3, 0.4) is 0 Å². The molecular formula is C17H20N2O5. The second kappa shape index (κ2) is 7.25. The molecule has 0 N–H and O–H groups in total. The van der Waals surface area contributed by atoms with E-state index in [1.54, 1.807) is 24.3 Å². The van der Waals surface area contributed by atoms with Gasteiger partial charge in [0.15, 0.2) is 11.8 Å². The van der Waals surface area contributed by atoms with E-state index in [9.17, 15) is 14.4 Å². The van der Waals surface area contributed by atoms with Crippen molar-refractivity contribution in [3.8, 4) is 0 Å². The maximum atomic E-state index is 12.5. The molecule has 0 fully saturated rings. The molecule has 7 heteroatoms. The molecule has 24 heavy (non-hydrogen) atoms. The lowest BCUT2D eigenvalue weighted by atomic mass is 10.1. The zero-order chi connectivity index (χ0) is 17.9. The summed E-state index contributed by atoms with van der Waals surface area (Å²) in [6.45, 7) is 5.67. The molecular weight excluding hydrogens is 312 g/mol. The monoisotopic (exact) mass is 332 g/mol. The summed E-state index contributed by atoms with van der Waals surface area (Å²) in [5.41, 5.74) is -0.265. The van der Waals surface area contributed by atoms with Gasteiger partial charge in [-0.15, -0.1) is 0 Å². The van der Waals surface area contributed by atoms with Gasteiger partial charge in [-0.1, -0.05) is 32.0 Å². The van der Waals surface area contributed by atoms with Crippen molar-refractivity contribution in [2.24, 2.45) is 5.92 Å². The summed E-state index contributed by atoms with van der Waals surface area (Å²) < 4.78 is 10.9. The molecule has 2 rings (SSSR count). The summed E-state index contributed by atoms with van der Waals surface area (Å²) in [5, 5.41) is 4.93. The van der Waals surface area contributed by atoms with Gasteiger partial charge in [-0.3, -0.25) is 4.79 Å². The van der Waals surface area contributed by atoms with Crippen molar-refractivity contribution in [2.45, 2.75) is 33.4 Å². The number of esters is 2. The van der Waals surface area contributed by atoms with Crippen molar-refractivity contribution >= 4 is 22.7 Å². The fourth-order valence-corrected chi connectivity index (χ4v) is 2.29. The van der Waals surface area contributed by atoms with Gasteiger partial charge in [0.25, 0.3) is 5.56 Å². The summed E-state index contributed by atoms with van der Waals surface area (Å²) in [4.78, 5) is 36.4. The summed E-state index contributed by atoms with van der Waals surface area (Å²) >= 11 is 0. The van der Waals surface area contributed by atoms with Gasteiger partial charge in [-0.2, -0.15) is 5.10 Å². The van der Waals surface area contributed by atoms with E-state index in [1.165, 1.54) is 18.7 Å². The molecule has 0 aliphatic carbocycles. The van der Waals surface area contributed by atoms with Crippen LogP contribution in [0.1, 0.15) is 31.3 Å². The van der Waals surface area contributed by atoms with Gasteiger partial charge in [-0.25, -0.2) is 14.3 Å². The molecule has 1 heterocycles. The van der Waals surface area contributed by atoms with Crippen molar-refractivity contribution in [3.63, 3.8) is 0 Å². The van der Waals surface area contributed by atoms with Crippen molar-refractivity contribution in [2.75, 3.05) is 7.11 Å². The third-order valence-corrected chi connectivity index (χ3v) is 3.42. The lowest BCUT2D eigenvalue weighted by molar-refractivity contribution is -0.149. The Kier molecular flexibility index (Phi) is 5.33. The van der Waals surface area contributed by atoms with Crippen molar-refractivity contribution in [1.29, 1.82) is 0 Å². The minimum absolute atomic E-state index is 0.00148. The van der Waals surface area contributed by atoms with Gasteiger partial charge in [0.05, 0.1) is 12.5 Å². The molecule has 0 aliphatic heterocycles. The summed E-state index contributed by atoms with van der Waals surface area (Å²) in [6, 6.07) is 6.69. The summed E-state index contributed by atoms with van der Waals surface area (Å²) in [5.74, 6) is -1.26. The number of benzene rings is 1. The normalized spacial score (nSPS) is 12.2. The Morgan fingerprint density at radius 3 is 2.38 bits per heavy atom. The molecule has 0 amide bonds. The van der Waals surface area contributed by atoms with E-state index in [4.69, 9.17) is 4.74 Å². The Balaban J connectivity index is 2.52. The van der Waals surface area contributed by atoms with Crippen LogP contribution in [0.5, 0.6) is 0 Å². The van der Waals surface area contributed by atoms with Gasteiger partial charge >= 0.3 is 11.9 Å². The topological polar surface area (TPSA) is 87.5 Å². The Labute approximate surface area is 139 Å². The average molecular weight is 332 g/mol. The maximum absolute atomic E-state index is 12.5. The van der Waals surface area contributed by atoms with Crippen LogP contribution in [0.15, 0.2) is 29.1 Å². The van der Waals surface area contributed by atoms with E-state index < -0.39 is 18.0 Å². The predicted molar refractivity (Wildman–Crippen MR) is 87.7 cm³/mol.